The molecule has 8 nitrogen and oxygen atoms in total. The molecule has 2 amide bonds. The van der Waals surface area contributed by atoms with Crippen molar-refractivity contribution < 1.29 is 22.7 Å². The van der Waals surface area contributed by atoms with Gasteiger partial charge in [0.05, 0.1) is 11.5 Å². The molecule has 1 unspecified atom stereocenters. The first kappa shape index (κ1) is 24.3. The number of rotatable bonds is 8. The number of carbonyl (C=O) groups is 2. The van der Waals surface area contributed by atoms with Gasteiger partial charge in [-0.2, -0.15) is 4.31 Å². The molecule has 1 aliphatic heterocycles. The molecular formula is C21H33N3O5S. The van der Waals surface area contributed by atoms with E-state index in [9.17, 15) is 18.0 Å². The van der Waals surface area contributed by atoms with Gasteiger partial charge in [-0.1, -0.05) is 24.1 Å². The van der Waals surface area contributed by atoms with Gasteiger partial charge in [-0.15, -0.1) is 0 Å². The summed E-state index contributed by atoms with van der Waals surface area (Å²) in [6, 6.07) is 3.57. The maximum atomic E-state index is 13.5. The van der Waals surface area contributed by atoms with E-state index in [1.807, 2.05) is 32.9 Å². The summed E-state index contributed by atoms with van der Waals surface area (Å²) in [7, 11) is -2.13. The minimum Gasteiger partial charge on any atom is -0.383 e. The molecule has 0 radical (unpaired) electrons. The van der Waals surface area contributed by atoms with Crippen molar-refractivity contribution in [1.29, 1.82) is 0 Å². The van der Waals surface area contributed by atoms with Crippen LogP contribution in [0.25, 0.3) is 0 Å². The number of nitrogens with zero attached hydrogens (tertiary/aromatic N) is 1. The number of hydrogen-bond donors (Lipinski definition) is 2. The van der Waals surface area contributed by atoms with Crippen LogP contribution in [0.2, 0.25) is 0 Å². The number of ether oxygens (including phenoxy) is 1. The van der Waals surface area contributed by atoms with Gasteiger partial charge < -0.3 is 15.4 Å². The number of aryl methyl sites for hydroxylation is 3. The number of amides is 2. The van der Waals surface area contributed by atoms with Crippen molar-refractivity contribution in [3.05, 3.63) is 28.8 Å². The monoisotopic (exact) mass is 439 g/mol. The molecule has 0 aliphatic carbocycles. The molecule has 2 N–H and O–H groups in total. The van der Waals surface area contributed by atoms with Crippen LogP contribution in [0.1, 0.15) is 42.4 Å². The van der Waals surface area contributed by atoms with Crippen LogP contribution in [0.3, 0.4) is 0 Å². The molecule has 1 saturated heterocycles. The first-order chi connectivity index (χ1) is 14.2. The van der Waals surface area contributed by atoms with Gasteiger partial charge in [0.2, 0.25) is 10.0 Å². The molecule has 1 aromatic rings. The summed E-state index contributed by atoms with van der Waals surface area (Å²) in [6.45, 7) is 6.89. The van der Waals surface area contributed by atoms with E-state index >= 15 is 0 Å². The second-order valence-electron chi connectivity index (χ2n) is 7.79. The van der Waals surface area contributed by atoms with Gasteiger partial charge in [0, 0.05) is 32.8 Å². The summed E-state index contributed by atoms with van der Waals surface area (Å²) in [5.74, 6) is -1.44. The molecule has 0 spiro atoms. The molecule has 1 aromatic carbocycles. The van der Waals surface area contributed by atoms with Gasteiger partial charge in [0.25, 0.3) is 0 Å². The molecular weight excluding hydrogens is 406 g/mol. The summed E-state index contributed by atoms with van der Waals surface area (Å²) in [4.78, 5) is 24.0. The quantitative estimate of drug-likeness (QED) is 0.471. The molecule has 30 heavy (non-hydrogen) atoms. The highest BCUT2D eigenvalue weighted by Gasteiger charge is 2.35. The van der Waals surface area contributed by atoms with Crippen molar-refractivity contribution in [1.82, 2.24) is 14.9 Å². The lowest BCUT2D eigenvalue weighted by atomic mass is 10.0. The van der Waals surface area contributed by atoms with Crippen molar-refractivity contribution in [2.24, 2.45) is 0 Å². The van der Waals surface area contributed by atoms with Crippen LogP contribution in [0, 0.1) is 20.8 Å². The molecule has 1 atom stereocenters. The Kier molecular flexibility index (Phi) is 8.81. The van der Waals surface area contributed by atoms with E-state index < -0.39 is 21.8 Å². The van der Waals surface area contributed by atoms with E-state index in [-0.39, 0.29) is 19.1 Å². The van der Waals surface area contributed by atoms with E-state index in [1.54, 1.807) is 4.31 Å². The lowest BCUT2D eigenvalue weighted by Crippen LogP contribution is -2.46. The van der Waals surface area contributed by atoms with E-state index in [4.69, 9.17) is 4.74 Å². The summed E-state index contributed by atoms with van der Waals surface area (Å²) >= 11 is 0. The highest BCUT2D eigenvalue weighted by molar-refractivity contribution is 7.89. The molecule has 0 saturated carbocycles. The van der Waals surface area contributed by atoms with Crippen LogP contribution >= 0.6 is 0 Å². The molecule has 2 rings (SSSR count). The lowest BCUT2D eigenvalue weighted by Gasteiger charge is -2.35. The largest absolute Gasteiger partial charge is 0.383 e. The van der Waals surface area contributed by atoms with Crippen LogP contribution in [-0.4, -0.2) is 63.9 Å². The first-order valence-electron chi connectivity index (χ1n) is 10.3. The Labute approximate surface area is 179 Å². The standard InChI is InChI=1S/C21H33N3O5S/c1-15-13-16(2)19(17(3)14-15)30(27,28)24-11-6-5-7-18(24)8-9-22-20(25)21(26)23-10-12-29-4/h13-14,18H,5-12H2,1-4H3,(H,22,25)(H,23,26). The smallest absolute Gasteiger partial charge is 0.309 e. The molecule has 1 aliphatic rings. The van der Waals surface area contributed by atoms with E-state index in [0.717, 1.165) is 36.0 Å². The topological polar surface area (TPSA) is 105 Å². The van der Waals surface area contributed by atoms with Gasteiger partial charge in [0.15, 0.2) is 0 Å². The predicted molar refractivity (Wildman–Crippen MR) is 115 cm³/mol. The number of nitrogens with one attached hydrogen (secondary N) is 2. The SMILES string of the molecule is COCCNC(=O)C(=O)NCCC1CCCCN1S(=O)(=O)c1c(C)cc(C)cc1C. The third-order valence-corrected chi connectivity index (χ3v) is 7.56. The first-order valence-corrected chi connectivity index (χ1v) is 11.8. The minimum absolute atomic E-state index is 0.208. The second-order valence-corrected chi connectivity index (χ2v) is 9.61. The predicted octanol–water partition coefficient (Wildman–Crippen LogP) is 1.42. The van der Waals surface area contributed by atoms with E-state index in [1.165, 1.54) is 7.11 Å². The summed E-state index contributed by atoms with van der Waals surface area (Å²) in [6.07, 6.45) is 2.95. The lowest BCUT2D eigenvalue weighted by molar-refractivity contribution is -0.139. The Morgan fingerprint density at radius 3 is 2.27 bits per heavy atom. The van der Waals surface area contributed by atoms with E-state index in [0.29, 0.717) is 24.5 Å². The van der Waals surface area contributed by atoms with Gasteiger partial charge in [-0.25, -0.2) is 8.42 Å². The number of carbonyl (C=O) groups excluding carboxylic acids is 2. The second kappa shape index (κ2) is 10.9. The highest BCUT2D eigenvalue weighted by atomic mass is 32.2. The van der Waals surface area contributed by atoms with Crippen LogP contribution in [0.5, 0.6) is 0 Å². The van der Waals surface area contributed by atoms with Gasteiger partial charge in [-0.3, -0.25) is 9.59 Å². The zero-order valence-corrected chi connectivity index (χ0v) is 19.1. The van der Waals surface area contributed by atoms with Crippen LogP contribution < -0.4 is 10.6 Å². The van der Waals surface area contributed by atoms with Crippen molar-refractivity contribution in [3.63, 3.8) is 0 Å². The van der Waals surface area contributed by atoms with Gasteiger partial charge in [0.1, 0.15) is 0 Å². The fraction of sp³-hybridized carbons (Fsp3) is 0.619. The van der Waals surface area contributed by atoms with Crippen LogP contribution in [0.15, 0.2) is 17.0 Å². The average molecular weight is 440 g/mol. The molecule has 0 bridgehead atoms. The fourth-order valence-electron chi connectivity index (χ4n) is 4.05. The Morgan fingerprint density at radius 1 is 1.07 bits per heavy atom. The van der Waals surface area contributed by atoms with Crippen molar-refractivity contribution >= 4 is 21.8 Å². The molecule has 1 fully saturated rings. The van der Waals surface area contributed by atoms with Crippen LogP contribution in [-0.2, 0) is 24.3 Å². The number of benzene rings is 1. The van der Waals surface area contributed by atoms with Crippen molar-refractivity contribution in [3.8, 4) is 0 Å². The zero-order valence-electron chi connectivity index (χ0n) is 18.3. The minimum atomic E-state index is -3.64. The number of hydrogen-bond acceptors (Lipinski definition) is 5. The maximum Gasteiger partial charge on any atom is 0.309 e. The zero-order chi connectivity index (χ0) is 22.3. The highest BCUT2D eigenvalue weighted by Crippen LogP contribution is 2.31. The molecule has 9 heteroatoms. The Bertz CT molecular complexity index is 846. The number of methoxy groups -OCH3 is 1. The average Bonchev–Trinajstić information content (AvgIpc) is 2.67. The normalized spacial score (nSPS) is 17.5. The number of piperidine rings is 1. The van der Waals surface area contributed by atoms with Gasteiger partial charge in [-0.05, 0) is 51.2 Å². The third kappa shape index (κ3) is 6.02. The third-order valence-electron chi connectivity index (χ3n) is 5.31. The van der Waals surface area contributed by atoms with Crippen LogP contribution in [0.4, 0.5) is 0 Å². The molecule has 168 valence electrons. The summed E-state index contributed by atoms with van der Waals surface area (Å²) in [5, 5.41) is 5.05. The van der Waals surface area contributed by atoms with Gasteiger partial charge >= 0.3 is 11.8 Å². The summed E-state index contributed by atoms with van der Waals surface area (Å²) < 4.78 is 33.3. The maximum absolute atomic E-state index is 13.5. The Morgan fingerprint density at radius 2 is 1.67 bits per heavy atom. The molecule has 1 heterocycles. The molecule has 0 aromatic heterocycles. The van der Waals surface area contributed by atoms with E-state index in [2.05, 4.69) is 10.6 Å². The Hall–Kier alpha value is -1.97. The Balaban J connectivity index is 2.05. The summed E-state index contributed by atoms with van der Waals surface area (Å²) in [5.41, 5.74) is 2.53. The van der Waals surface area contributed by atoms with Crippen molar-refractivity contribution in [2.45, 2.75) is 57.4 Å². The number of sulfonamides is 1. The fourth-order valence-corrected chi connectivity index (χ4v) is 6.19. The van der Waals surface area contributed by atoms with Crippen molar-refractivity contribution in [2.75, 3.05) is 33.4 Å².